The fraction of sp³-hybridized carbons (Fsp3) is 0.533. The van der Waals surface area contributed by atoms with E-state index in [1.807, 2.05) is 13.8 Å². The van der Waals surface area contributed by atoms with Crippen molar-refractivity contribution in [1.82, 2.24) is 19.5 Å². The fourth-order valence-corrected chi connectivity index (χ4v) is 3.24. The van der Waals surface area contributed by atoms with E-state index in [1.165, 1.54) is 0 Å². The predicted molar refractivity (Wildman–Crippen MR) is 93.7 cm³/mol. The van der Waals surface area contributed by atoms with Crippen LogP contribution in [-0.2, 0) is 6.54 Å². The van der Waals surface area contributed by atoms with Gasteiger partial charge in [-0.1, -0.05) is 13.8 Å². The van der Waals surface area contributed by atoms with Gasteiger partial charge >= 0.3 is 0 Å². The van der Waals surface area contributed by atoms with Crippen LogP contribution in [-0.4, -0.2) is 38.3 Å². The molecule has 1 amide bonds. The molecule has 1 aliphatic rings. The molecule has 130 valence electrons. The summed E-state index contributed by atoms with van der Waals surface area (Å²) in [7, 11) is 1.68. The zero-order valence-corrected chi connectivity index (χ0v) is 15.3. The van der Waals surface area contributed by atoms with Gasteiger partial charge in [0.1, 0.15) is 4.47 Å². The van der Waals surface area contributed by atoms with Crippen LogP contribution in [0.25, 0.3) is 5.65 Å². The highest BCUT2D eigenvalue weighted by molar-refractivity contribution is 9.10. The number of carbonyl (C=O) groups is 1. The van der Waals surface area contributed by atoms with Gasteiger partial charge in [0.25, 0.3) is 11.5 Å². The number of hydrogen-bond acceptors (Lipinski definition) is 5. The van der Waals surface area contributed by atoms with Crippen LogP contribution in [0.3, 0.4) is 0 Å². The maximum Gasteiger partial charge on any atom is 0.291 e. The molecular weight excluding hydrogens is 378 g/mol. The smallest absolute Gasteiger partial charge is 0.291 e. The van der Waals surface area contributed by atoms with Gasteiger partial charge in [0.2, 0.25) is 5.88 Å². The quantitative estimate of drug-likeness (QED) is 0.710. The van der Waals surface area contributed by atoms with Crippen LogP contribution in [0.2, 0.25) is 0 Å². The lowest BCUT2D eigenvalue weighted by molar-refractivity contribution is 0.0944. The number of halogens is 1. The topological polar surface area (TPSA) is 101 Å². The molecule has 3 rings (SSSR count). The van der Waals surface area contributed by atoms with Crippen LogP contribution in [0.15, 0.2) is 9.27 Å². The first-order valence-corrected chi connectivity index (χ1v) is 8.67. The van der Waals surface area contributed by atoms with E-state index in [-0.39, 0.29) is 23.4 Å². The number of nitrogens with zero attached hydrogens (tertiary/aromatic N) is 3. The Kier molecular flexibility index (Phi) is 4.29. The van der Waals surface area contributed by atoms with E-state index >= 15 is 0 Å². The first kappa shape index (κ1) is 16.8. The average molecular weight is 398 g/mol. The van der Waals surface area contributed by atoms with E-state index in [1.54, 1.807) is 11.6 Å². The van der Waals surface area contributed by atoms with Crippen LogP contribution in [0.4, 0.5) is 5.82 Å². The third kappa shape index (κ3) is 2.77. The maximum atomic E-state index is 12.7. The molecule has 0 radical (unpaired) electrons. The molecule has 0 saturated heterocycles. The molecule has 1 aliphatic carbocycles. The molecule has 3 N–H and O–H groups in total. The number of aromatic nitrogens is 3. The first-order valence-electron chi connectivity index (χ1n) is 7.87. The lowest BCUT2D eigenvalue weighted by Gasteiger charge is -2.16. The molecule has 2 aromatic heterocycles. The highest BCUT2D eigenvalue weighted by Crippen LogP contribution is 2.30. The molecule has 1 fully saturated rings. The van der Waals surface area contributed by atoms with E-state index in [2.05, 4.69) is 31.7 Å². The van der Waals surface area contributed by atoms with E-state index in [0.29, 0.717) is 22.5 Å². The summed E-state index contributed by atoms with van der Waals surface area (Å²) in [5, 5.41) is 20.5. The van der Waals surface area contributed by atoms with E-state index in [0.717, 1.165) is 17.4 Å². The zero-order chi connectivity index (χ0) is 17.6. The third-order valence-electron chi connectivity index (χ3n) is 3.87. The number of fused-ring (bicyclic) bond motifs is 1. The van der Waals surface area contributed by atoms with Gasteiger partial charge in [-0.25, -0.2) is 0 Å². The lowest BCUT2D eigenvalue weighted by Crippen LogP contribution is -2.34. The van der Waals surface area contributed by atoms with Crippen molar-refractivity contribution in [3.8, 4) is 5.88 Å². The van der Waals surface area contributed by atoms with Crippen LogP contribution in [0, 0.1) is 5.92 Å². The minimum absolute atomic E-state index is 0.0859. The Balaban J connectivity index is 2.28. The molecule has 0 bridgehead atoms. The maximum absolute atomic E-state index is 12.7. The Hall–Kier alpha value is -2.03. The summed E-state index contributed by atoms with van der Waals surface area (Å²) < 4.78 is 3.26. The minimum atomic E-state index is -0.636. The Morgan fingerprint density at radius 1 is 1.46 bits per heavy atom. The highest BCUT2D eigenvalue weighted by Gasteiger charge is 2.30. The van der Waals surface area contributed by atoms with Gasteiger partial charge in [0, 0.05) is 19.6 Å². The number of aromatic hydroxyl groups is 1. The number of amides is 1. The van der Waals surface area contributed by atoms with Crippen molar-refractivity contribution in [1.29, 1.82) is 0 Å². The summed E-state index contributed by atoms with van der Waals surface area (Å²) >= 11 is 3.42. The summed E-state index contributed by atoms with van der Waals surface area (Å²) in [5.74, 6) is -0.232. The third-order valence-corrected chi connectivity index (χ3v) is 4.60. The number of nitrogens with one attached hydrogen (secondary N) is 2. The fourth-order valence-electron chi connectivity index (χ4n) is 2.58. The molecule has 2 heterocycles. The largest absolute Gasteiger partial charge is 0.494 e. The summed E-state index contributed by atoms with van der Waals surface area (Å²) in [4.78, 5) is 25.2. The van der Waals surface area contributed by atoms with Gasteiger partial charge in [-0.2, -0.15) is 4.52 Å². The molecular formula is C15H20BrN5O3. The zero-order valence-electron chi connectivity index (χ0n) is 13.8. The molecule has 2 aromatic rings. The van der Waals surface area contributed by atoms with Crippen LogP contribution >= 0.6 is 15.9 Å². The summed E-state index contributed by atoms with van der Waals surface area (Å²) in [6, 6.07) is 0.0859. The normalized spacial score (nSPS) is 14.4. The summed E-state index contributed by atoms with van der Waals surface area (Å²) in [5.41, 5.74) is -0.492. The van der Waals surface area contributed by atoms with Gasteiger partial charge in [0.15, 0.2) is 17.0 Å². The second kappa shape index (κ2) is 6.12. The van der Waals surface area contributed by atoms with Crippen LogP contribution in [0.1, 0.15) is 37.0 Å². The summed E-state index contributed by atoms with van der Waals surface area (Å²) in [6.07, 6.45) is 1.79. The Morgan fingerprint density at radius 3 is 2.67 bits per heavy atom. The van der Waals surface area contributed by atoms with Crippen molar-refractivity contribution < 1.29 is 9.90 Å². The van der Waals surface area contributed by atoms with Crippen molar-refractivity contribution in [3.63, 3.8) is 0 Å². The van der Waals surface area contributed by atoms with Gasteiger partial charge in [-0.15, -0.1) is 5.10 Å². The Labute approximate surface area is 147 Å². The Morgan fingerprint density at radius 2 is 2.12 bits per heavy atom. The van der Waals surface area contributed by atoms with E-state index < -0.39 is 11.5 Å². The molecule has 0 atom stereocenters. The van der Waals surface area contributed by atoms with E-state index in [4.69, 9.17) is 0 Å². The van der Waals surface area contributed by atoms with Crippen LogP contribution < -0.4 is 16.2 Å². The second-order valence-corrected chi connectivity index (χ2v) is 7.20. The van der Waals surface area contributed by atoms with Gasteiger partial charge in [-0.05, 0) is 34.7 Å². The minimum Gasteiger partial charge on any atom is -0.494 e. The molecule has 0 aliphatic heterocycles. The molecule has 0 unspecified atom stereocenters. The van der Waals surface area contributed by atoms with E-state index in [9.17, 15) is 14.7 Å². The average Bonchev–Trinajstić information content (AvgIpc) is 3.25. The number of hydrogen-bond donors (Lipinski definition) is 3. The monoisotopic (exact) mass is 397 g/mol. The van der Waals surface area contributed by atoms with Crippen molar-refractivity contribution in [2.75, 3.05) is 12.4 Å². The van der Waals surface area contributed by atoms with Gasteiger partial charge < -0.3 is 15.7 Å². The molecule has 0 spiro atoms. The van der Waals surface area contributed by atoms with Crippen molar-refractivity contribution in [3.05, 3.63) is 20.4 Å². The molecule has 24 heavy (non-hydrogen) atoms. The van der Waals surface area contributed by atoms with Crippen LogP contribution in [0.5, 0.6) is 5.88 Å². The standard InChI is InChI=1S/C15H20BrN5O3/c1-7(2)6-20-13-10(16)11(17-3)19-21(13)15(24)9(14(20)23)12(22)18-8-4-5-8/h7-8,23H,4-6H2,1-3H3,(H,17,19)(H,18,22). The van der Waals surface area contributed by atoms with Gasteiger partial charge in [-0.3, -0.25) is 14.2 Å². The van der Waals surface area contributed by atoms with Crippen molar-refractivity contribution in [2.45, 2.75) is 39.3 Å². The summed E-state index contributed by atoms with van der Waals surface area (Å²) in [6.45, 7) is 4.41. The molecule has 8 nitrogen and oxygen atoms in total. The number of rotatable bonds is 5. The second-order valence-electron chi connectivity index (χ2n) is 6.40. The molecule has 9 heteroatoms. The molecule has 1 saturated carbocycles. The molecule has 0 aromatic carbocycles. The first-order chi connectivity index (χ1) is 11.3. The Bertz CT molecular complexity index is 866. The van der Waals surface area contributed by atoms with Gasteiger partial charge in [0.05, 0.1) is 0 Å². The van der Waals surface area contributed by atoms with Crippen molar-refractivity contribution in [2.24, 2.45) is 5.92 Å². The highest BCUT2D eigenvalue weighted by atomic mass is 79.9. The SMILES string of the molecule is CNc1nn2c(=O)c(C(=O)NC3CC3)c(O)n(CC(C)C)c2c1Br. The number of anilines is 1. The van der Waals surface area contributed by atoms with Crippen molar-refractivity contribution >= 4 is 33.3 Å². The lowest BCUT2D eigenvalue weighted by atomic mass is 10.2. The number of carbonyl (C=O) groups excluding carboxylic acids is 1. The predicted octanol–water partition coefficient (Wildman–Crippen LogP) is 1.55.